The van der Waals surface area contributed by atoms with Gasteiger partial charge in [0, 0.05) is 12.1 Å². The lowest BCUT2D eigenvalue weighted by atomic mass is 10.0. The zero-order valence-electron chi connectivity index (χ0n) is 9.25. The summed E-state index contributed by atoms with van der Waals surface area (Å²) in [7, 11) is 0. The summed E-state index contributed by atoms with van der Waals surface area (Å²) in [6.45, 7) is 4.26. The average Bonchev–Trinajstić information content (AvgIpc) is 2.20. The van der Waals surface area contributed by atoms with Gasteiger partial charge in [-0.3, -0.25) is 4.79 Å². The van der Waals surface area contributed by atoms with Crippen molar-refractivity contribution in [2.24, 2.45) is 0 Å². The quantitative estimate of drug-likeness (QED) is 0.607. The van der Waals surface area contributed by atoms with Crippen LogP contribution in [0.1, 0.15) is 24.5 Å². The van der Waals surface area contributed by atoms with Gasteiger partial charge in [-0.25, -0.2) is 0 Å². The van der Waals surface area contributed by atoms with E-state index < -0.39 is 0 Å². The Kier molecular flexibility index (Phi) is 4.16. The molecular weight excluding hydrogens is 190 g/mol. The van der Waals surface area contributed by atoms with Gasteiger partial charge in [0.25, 0.3) is 0 Å². The smallest absolute Gasteiger partial charge is 0.306 e. The average molecular weight is 207 g/mol. The second-order valence-corrected chi connectivity index (χ2v) is 3.49. The maximum absolute atomic E-state index is 11.2. The second-order valence-electron chi connectivity index (χ2n) is 3.49. The molecule has 0 saturated heterocycles. The molecule has 3 nitrogen and oxygen atoms in total. The number of hydrogen-bond donors (Lipinski definition) is 1. The second kappa shape index (κ2) is 5.39. The van der Waals surface area contributed by atoms with Crippen molar-refractivity contribution in [3.05, 3.63) is 29.3 Å². The molecule has 1 rings (SSSR count). The maximum atomic E-state index is 11.2. The minimum absolute atomic E-state index is 0.153. The molecule has 0 aliphatic carbocycles. The summed E-state index contributed by atoms with van der Waals surface area (Å²) in [6, 6.07) is 5.74. The SMILES string of the molecule is CCOC(=O)CCc1cc(N)ccc1C. The van der Waals surface area contributed by atoms with Crippen LogP contribution in [0.2, 0.25) is 0 Å². The van der Waals surface area contributed by atoms with Crippen LogP contribution in [-0.4, -0.2) is 12.6 Å². The molecular formula is C12H17NO2. The van der Waals surface area contributed by atoms with Crippen molar-refractivity contribution in [2.45, 2.75) is 26.7 Å². The first-order chi connectivity index (χ1) is 7.13. The van der Waals surface area contributed by atoms with Crippen molar-refractivity contribution in [2.75, 3.05) is 12.3 Å². The third-order valence-corrected chi connectivity index (χ3v) is 2.28. The normalized spacial score (nSPS) is 10.0. The number of nitrogens with two attached hydrogens (primary N) is 1. The first kappa shape index (κ1) is 11.6. The minimum atomic E-state index is -0.153. The van der Waals surface area contributed by atoms with E-state index in [9.17, 15) is 4.79 Å². The summed E-state index contributed by atoms with van der Waals surface area (Å²) in [5.41, 5.74) is 8.69. The zero-order valence-corrected chi connectivity index (χ0v) is 9.25. The Morgan fingerprint density at radius 3 is 2.87 bits per heavy atom. The third-order valence-electron chi connectivity index (χ3n) is 2.28. The molecule has 0 aliphatic rings. The highest BCUT2D eigenvalue weighted by Crippen LogP contribution is 2.14. The van der Waals surface area contributed by atoms with Crippen LogP contribution in [0.15, 0.2) is 18.2 Å². The molecule has 3 heteroatoms. The zero-order chi connectivity index (χ0) is 11.3. The lowest BCUT2D eigenvalue weighted by Gasteiger charge is -2.06. The first-order valence-electron chi connectivity index (χ1n) is 5.14. The van der Waals surface area contributed by atoms with Gasteiger partial charge in [-0.2, -0.15) is 0 Å². The Bertz CT molecular complexity index is 347. The van der Waals surface area contributed by atoms with Gasteiger partial charge in [-0.15, -0.1) is 0 Å². The van der Waals surface area contributed by atoms with Crippen LogP contribution < -0.4 is 5.73 Å². The number of hydrogen-bond acceptors (Lipinski definition) is 3. The van der Waals surface area contributed by atoms with Crippen LogP contribution in [0, 0.1) is 6.92 Å². The number of esters is 1. The van der Waals surface area contributed by atoms with E-state index in [-0.39, 0.29) is 5.97 Å². The van der Waals surface area contributed by atoms with Crippen molar-refractivity contribution < 1.29 is 9.53 Å². The number of carbonyl (C=O) groups excluding carboxylic acids is 1. The molecule has 0 saturated carbocycles. The van der Waals surface area contributed by atoms with Gasteiger partial charge in [0.05, 0.1) is 6.61 Å². The van der Waals surface area contributed by atoms with Gasteiger partial charge in [-0.1, -0.05) is 6.07 Å². The van der Waals surface area contributed by atoms with Gasteiger partial charge in [0.15, 0.2) is 0 Å². The van der Waals surface area contributed by atoms with E-state index in [1.165, 1.54) is 0 Å². The lowest BCUT2D eigenvalue weighted by molar-refractivity contribution is -0.143. The number of nitrogen functional groups attached to an aromatic ring is 1. The van der Waals surface area contributed by atoms with E-state index in [2.05, 4.69) is 0 Å². The third kappa shape index (κ3) is 3.62. The molecule has 0 bridgehead atoms. The van der Waals surface area contributed by atoms with Crippen LogP contribution >= 0.6 is 0 Å². The molecule has 1 aromatic rings. The largest absolute Gasteiger partial charge is 0.466 e. The van der Waals surface area contributed by atoms with Crippen LogP contribution in [0.25, 0.3) is 0 Å². The van der Waals surface area contributed by atoms with Gasteiger partial charge in [-0.05, 0) is 43.5 Å². The molecule has 0 aliphatic heterocycles. The number of carbonyl (C=O) groups is 1. The number of anilines is 1. The predicted octanol–water partition coefficient (Wildman–Crippen LogP) is 2.07. The monoisotopic (exact) mass is 207 g/mol. The number of benzene rings is 1. The van der Waals surface area contributed by atoms with Crippen molar-refractivity contribution in [1.29, 1.82) is 0 Å². The van der Waals surface area contributed by atoms with E-state index in [1.807, 2.05) is 32.0 Å². The van der Waals surface area contributed by atoms with Crippen LogP contribution in [0.3, 0.4) is 0 Å². The summed E-state index contributed by atoms with van der Waals surface area (Å²) in [5.74, 6) is -0.153. The maximum Gasteiger partial charge on any atom is 0.306 e. The van der Waals surface area contributed by atoms with Gasteiger partial charge in [0.2, 0.25) is 0 Å². The van der Waals surface area contributed by atoms with Crippen LogP contribution in [0.4, 0.5) is 5.69 Å². The molecule has 1 aromatic carbocycles. The van der Waals surface area contributed by atoms with E-state index in [0.29, 0.717) is 19.4 Å². The minimum Gasteiger partial charge on any atom is -0.466 e. The van der Waals surface area contributed by atoms with Gasteiger partial charge < -0.3 is 10.5 Å². The molecule has 0 spiro atoms. The molecule has 2 N–H and O–H groups in total. The first-order valence-corrected chi connectivity index (χ1v) is 5.14. The summed E-state index contributed by atoms with van der Waals surface area (Å²) in [5, 5.41) is 0. The van der Waals surface area contributed by atoms with Gasteiger partial charge in [0.1, 0.15) is 0 Å². The standard InChI is InChI=1S/C12H17NO2/c1-3-15-12(14)7-5-10-8-11(13)6-4-9(10)2/h4,6,8H,3,5,7,13H2,1-2H3. The summed E-state index contributed by atoms with van der Waals surface area (Å²) in [4.78, 5) is 11.2. The Balaban J connectivity index is 2.57. The van der Waals surface area contributed by atoms with Crippen LogP contribution in [-0.2, 0) is 16.0 Å². The molecule has 0 unspecified atom stereocenters. The van der Waals surface area contributed by atoms with E-state index >= 15 is 0 Å². The van der Waals surface area contributed by atoms with Gasteiger partial charge >= 0.3 is 5.97 Å². The molecule has 0 heterocycles. The number of aryl methyl sites for hydroxylation is 2. The molecule has 0 aromatic heterocycles. The molecule has 0 amide bonds. The van der Waals surface area contributed by atoms with E-state index in [0.717, 1.165) is 16.8 Å². The fraction of sp³-hybridized carbons (Fsp3) is 0.417. The molecule has 0 radical (unpaired) electrons. The predicted molar refractivity (Wildman–Crippen MR) is 60.5 cm³/mol. The van der Waals surface area contributed by atoms with Crippen molar-refractivity contribution >= 4 is 11.7 Å². The van der Waals surface area contributed by atoms with E-state index in [1.54, 1.807) is 0 Å². The molecule has 0 fully saturated rings. The Morgan fingerprint density at radius 2 is 2.20 bits per heavy atom. The summed E-state index contributed by atoms with van der Waals surface area (Å²) < 4.78 is 4.86. The fourth-order valence-corrected chi connectivity index (χ4v) is 1.43. The summed E-state index contributed by atoms with van der Waals surface area (Å²) >= 11 is 0. The Labute approximate surface area is 90.2 Å². The van der Waals surface area contributed by atoms with Crippen LogP contribution in [0.5, 0.6) is 0 Å². The van der Waals surface area contributed by atoms with Crippen molar-refractivity contribution in [1.82, 2.24) is 0 Å². The van der Waals surface area contributed by atoms with Crippen molar-refractivity contribution in [3.8, 4) is 0 Å². The number of rotatable bonds is 4. The summed E-state index contributed by atoms with van der Waals surface area (Å²) in [6.07, 6.45) is 1.10. The fourth-order valence-electron chi connectivity index (χ4n) is 1.43. The lowest BCUT2D eigenvalue weighted by Crippen LogP contribution is -2.06. The number of ether oxygens (including phenoxy) is 1. The molecule has 82 valence electrons. The molecule has 15 heavy (non-hydrogen) atoms. The highest BCUT2D eigenvalue weighted by atomic mass is 16.5. The Hall–Kier alpha value is -1.51. The van der Waals surface area contributed by atoms with Crippen molar-refractivity contribution in [3.63, 3.8) is 0 Å². The Morgan fingerprint density at radius 1 is 1.47 bits per heavy atom. The molecule has 0 atom stereocenters. The highest BCUT2D eigenvalue weighted by Gasteiger charge is 2.04. The topological polar surface area (TPSA) is 52.3 Å². The highest BCUT2D eigenvalue weighted by molar-refractivity contribution is 5.69. The van der Waals surface area contributed by atoms with E-state index in [4.69, 9.17) is 10.5 Å².